The van der Waals surface area contributed by atoms with Gasteiger partial charge in [-0.05, 0) is 37.0 Å². The molecule has 1 heterocycles. The molecule has 3 amide bonds. The smallest absolute Gasteiger partial charge is 0.317 e. The zero-order valence-electron chi connectivity index (χ0n) is 15.6. The molecule has 0 spiro atoms. The topological polar surface area (TPSA) is 52.7 Å². The molecule has 148 valence electrons. The standard InChI is InChI=1S/C20H27ClFN3O2/c21-18-14-16(22)8-7-15(18)13-19(26)24-9-4-10-25(12-11-24)20(27)23-17-5-2-1-3-6-17/h7-8,14,17H,1-6,9-13H2,(H,23,27). The lowest BCUT2D eigenvalue weighted by Gasteiger charge is -2.27. The van der Waals surface area contributed by atoms with Crippen LogP contribution in [0, 0.1) is 5.82 Å². The molecule has 0 radical (unpaired) electrons. The van der Waals surface area contributed by atoms with Gasteiger partial charge in [-0.25, -0.2) is 9.18 Å². The molecule has 5 nitrogen and oxygen atoms in total. The molecule has 0 aromatic heterocycles. The molecule has 2 aliphatic rings. The van der Waals surface area contributed by atoms with E-state index in [2.05, 4.69) is 5.32 Å². The Bertz CT molecular complexity index is 679. The predicted octanol–water partition coefficient (Wildman–Crippen LogP) is 3.60. The van der Waals surface area contributed by atoms with E-state index in [0.717, 1.165) is 19.3 Å². The van der Waals surface area contributed by atoms with E-state index in [1.807, 2.05) is 4.90 Å². The van der Waals surface area contributed by atoms with Crippen LogP contribution in [-0.4, -0.2) is 54.0 Å². The summed E-state index contributed by atoms with van der Waals surface area (Å²) in [6.45, 7) is 2.31. The number of hydrogen-bond donors (Lipinski definition) is 1. The molecular weight excluding hydrogens is 369 g/mol. The van der Waals surface area contributed by atoms with E-state index in [9.17, 15) is 14.0 Å². The van der Waals surface area contributed by atoms with Crippen LogP contribution in [0.15, 0.2) is 18.2 Å². The van der Waals surface area contributed by atoms with Crippen LogP contribution in [-0.2, 0) is 11.2 Å². The summed E-state index contributed by atoms with van der Waals surface area (Å²) in [6.07, 6.45) is 6.63. The van der Waals surface area contributed by atoms with Crippen LogP contribution in [0.4, 0.5) is 9.18 Å². The van der Waals surface area contributed by atoms with E-state index < -0.39 is 5.82 Å². The Morgan fingerprint density at radius 2 is 1.74 bits per heavy atom. The SMILES string of the molecule is O=C(Cc1ccc(F)cc1Cl)N1CCCN(C(=O)NC2CCCCC2)CC1. The second kappa shape index (κ2) is 9.40. The highest BCUT2D eigenvalue weighted by molar-refractivity contribution is 6.31. The molecule has 1 aromatic rings. The summed E-state index contributed by atoms with van der Waals surface area (Å²) in [7, 11) is 0. The molecule has 1 N–H and O–H groups in total. The first-order valence-electron chi connectivity index (χ1n) is 9.80. The van der Waals surface area contributed by atoms with Gasteiger partial charge in [-0.1, -0.05) is 36.9 Å². The monoisotopic (exact) mass is 395 g/mol. The average Bonchev–Trinajstić information content (AvgIpc) is 2.91. The Morgan fingerprint density at radius 3 is 2.48 bits per heavy atom. The van der Waals surface area contributed by atoms with E-state index in [0.29, 0.717) is 31.7 Å². The van der Waals surface area contributed by atoms with Crippen molar-refractivity contribution in [1.29, 1.82) is 0 Å². The first kappa shape index (κ1) is 19.9. The number of hydrogen-bond acceptors (Lipinski definition) is 2. The predicted molar refractivity (Wildman–Crippen MR) is 103 cm³/mol. The lowest BCUT2D eigenvalue weighted by atomic mass is 9.96. The van der Waals surface area contributed by atoms with Gasteiger partial charge < -0.3 is 15.1 Å². The van der Waals surface area contributed by atoms with Crippen molar-refractivity contribution in [2.45, 2.75) is 51.0 Å². The van der Waals surface area contributed by atoms with Gasteiger partial charge in [-0.2, -0.15) is 0 Å². The van der Waals surface area contributed by atoms with Crippen LogP contribution < -0.4 is 5.32 Å². The highest BCUT2D eigenvalue weighted by Crippen LogP contribution is 2.20. The molecule has 7 heteroatoms. The maximum absolute atomic E-state index is 13.2. The molecule has 1 saturated carbocycles. The van der Waals surface area contributed by atoms with Gasteiger partial charge in [0.2, 0.25) is 5.91 Å². The summed E-state index contributed by atoms with van der Waals surface area (Å²) in [5, 5.41) is 3.41. The Labute approximate surface area is 164 Å². The van der Waals surface area contributed by atoms with Gasteiger partial charge in [0.1, 0.15) is 5.82 Å². The lowest BCUT2D eigenvalue weighted by Crippen LogP contribution is -2.47. The quantitative estimate of drug-likeness (QED) is 0.850. The maximum atomic E-state index is 13.2. The minimum Gasteiger partial charge on any atom is -0.341 e. The van der Waals surface area contributed by atoms with Gasteiger partial charge in [-0.3, -0.25) is 4.79 Å². The molecule has 27 heavy (non-hydrogen) atoms. The number of halogens is 2. The normalized spacial score (nSPS) is 18.9. The summed E-state index contributed by atoms with van der Waals surface area (Å²) >= 11 is 6.03. The van der Waals surface area contributed by atoms with Gasteiger partial charge in [-0.15, -0.1) is 0 Å². The second-order valence-electron chi connectivity index (χ2n) is 7.42. The second-order valence-corrected chi connectivity index (χ2v) is 7.83. The fourth-order valence-electron chi connectivity index (χ4n) is 3.82. The van der Waals surface area contributed by atoms with Crippen LogP contribution in [0.1, 0.15) is 44.1 Å². The molecule has 0 unspecified atom stereocenters. The number of carbonyl (C=O) groups excluding carboxylic acids is 2. The van der Waals surface area contributed by atoms with Crippen molar-refractivity contribution in [3.8, 4) is 0 Å². The highest BCUT2D eigenvalue weighted by atomic mass is 35.5. The largest absolute Gasteiger partial charge is 0.341 e. The first-order chi connectivity index (χ1) is 13.0. The Kier molecular flexibility index (Phi) is 6.94. The van der Waals surface area contributed by atoms with E-state index in [-0.39, 0.29) is 29.4 Å². The number of urea groups is 1. The van der Waals surface area contributed by atoms with Crippen LogP contribution in [0.2, 0.25) is 5.02 Å². The van der Waals surface area contributed by atoms with E-state index in [4.69, 9.17) is 11.6 Å². The Morgan fingerprint density at radius 1 is 1.04 bits per heavy atom. The molecule has 2 fully saturated rings. The van der Waals surface area contributed by atoms with E-state index in [1.165, 1.54) is 31.4 Å². The molecular formula is C20H27ClFN3O2. The van der Waals surface area contributed by atoms with Crippen molar-refractivity contribution in [1.82, 2.24) is 15.1 Å². The molecule has 1 aliphatic carbocycles. The summed E-state index contributed by atoms with van der Waals surface area (Å²) in [5.41, 5.74) is 0.624. The fraction of sp³-hybridized carbons (Fsp3) is 0.600. The third kappa shape index (κ3) is 5.58. The van der Waals surface area contributed by atoms with Crippen molar-refractivity contribution in [2.24, 2.45) is 0 Å². The van der Waals surface area contributed by atoms with Gasteiger partial charge in [0.05, 0.1) is 6.42 Å². The number of rotatable bonds is 3. The van der Waals surface area contributed by atoms with E-state index >= 15 is 0 Å². The van der Waals surface area contributed by atoms with Crippen LogP contribution in [0.5, 0.6) is 0 Å². The van der Waals surface area contributed by atoms with Crippen molar-refractivity contribution in [3.63, 3.8) is 0 Å². The molecule has 1 saturated heterocycles. The van der Waals surface area contributed by atoms with Crippen LogP contribution in [0.3, 0.4) is 0 Å². The van der Waals surface area contributed by atoms with E-state index in [1.54, 1.807) is 11.0 Å². The number of benzene rings is 1. The van der Waals surface area contributed by atoms with Gasteiger partial charge in [0.15, 0.2) is 0 Å². The van der Waals surface area contributed by atoms with Crippen molar-refractivity contribution >= 4 is 23.5 Å². The third-order valence-electron chi connectivity index (χ3n) is 5.43. The number of carbonyl (C=O) groups is 2. The average molecular weight is 396 g/mol. The van der Waals surface area contributed by atoms with Gasteiger partial charge >= 0.3 is 6.03 Å². The van der Waals surface area contributed by atoms with Crippen molar-refractivity contribution in [3.05, 3.63) is 34.6 Å². The summed E-state index contributed by atoms with van der Waals surface area (Å²) in [6, 6.07) is 4.36. The summed E-state index contributed by atoms with van der Waals surface area (Å²) in [4.78, 5) is 28.7. The molecule has 0 bridgehead atoms. The minimum absolute atomic E-state index is 0.0159. The molecule has 3 rings (SSSR count). The minimum atomic E-state index is -0.411. The van der Waals surface area contributed by atoms with Gasteiger partial charge in [0, 0.05) is 37.2 Å². The van der Waals surface area contributed by atoms with Crippen molar-refractivity contribution in [2.75, 3.05) is 26.2 Å². The van der Waals surface area contributed by atoms with Crippen molar-refractivity contribution < 1.29 is 14.0 Å². The molecule has 0 atom stereocenters. The Hall–Kier alpha value is -1.82. The zero-order valence-corrected chi connectivity index (χ0v) is 16.3. The Balaban J connectivity index is 1.51. The lowest BCUT2D eigenvalue weighted by molar-refractivity contribution is -0.130. The third-order valence-corrected chi connectivity index (χ3v) is 5.78. The van der Waals surface area contributed by atoms with Crippen LogP contribution in [0.25, 0.3) is 0 Å². The number of nitrogens with one attached hydrogen (secondary N) is 1. The zero-order chi connectivity index (χ0) is 19.2. The molecule has 1 aliphatic heterocycles. The van der Waals surface area contributed by atoms with Crippen LogP contribution >= 0.6 is 11.6 Å². The number of amides is 3. The molecule has 1 aromatic carbocycles. The first-order valence-corrected chi connectivity index (χ1v) is 10.2. The summed E-state index contributed by atoms with van der Waals surface area (Å²) in [5.74, 6) is -0.455. The highest BCUT2D eigenvalue weighted by Gasteiger charge is 2.24. The van der Waals surface area contributed by atoms with Gasteiger partial charge in [0.25, 0.3) is 0 Å². The fourth-order valence-corrected chi connectivity index (χ4v) is 4.06. The number of nitrogens with zero attached hydrogens (tertiary/aromatic N) is 2. The maximum Gasteiger partial charge on any atom is 0.317 e. The summed E-state index contributed by atoms with van der Waals surface area (Å²) < 4.78 is 13.2.